The van der Waals surface area contributed by atoms with Crippen LogP contribution in [0.4, 0.5) is 0 Å². The molecule has 2 N–H and O–H groups in total. The summed E-state index contributed by atoms with van der Waals surface area (Å²) in [5.74, 6) is 0.109. The van der Waals surface area contributed by atoms with Gasteiger partial charge in [0, 0.05) is 6.42 Å². The molecule has 0 bridgehead atoms. The second-order valence-corrected chi connectivity index (χ2v) is 7.40. The molecule has 4 heteroatoms. The number of nitrogens with two attached hydrogens (primary N) is 1. The zero-order valence-electron chi connectivity index (χ0n) is 14.3. The van der Waals surface area contributed by atoms with Crippen LogP contribution in [0.1, 0.15) is 67.7 Å². The number of hydrogen-bond acceptors (Lipinski definition) is 4. The molecule has 0 aromatic rings. The van der Waals surface area contributed by atoms with Gasteiger partial charge in [0.2, 0.25) is 0 Å². The fourth-order valence-corrected chi connectivity index (χ4v) is 2.08. The SMILES string of the molecule is CC(C)(C)OC(C)(C)CCOC(C)(C)C(=O)CCCN. The predicted octanol–water partition coefficient (Wildman–Crippen LogP) is 3.07. The van der Waals surface area contributed by atoms with Crippen molar-refractivity contribution in [2.75, 3.05) is 13.2 Å². The minimum absolute atomic E-state index is 0.109. The summed E-state index contributed by atoms with van der Waals surface area (Å²) in [6.07, 6.45) is 1.94. The Kier molecular flexibility index (Phi) is 7.36. The Balaban J connectivity index is 4.24. The van der Waals surface area contributed by atoms with Crippen molar-refractivity contribution < 1.29 is 14.3 Å². The van der Waals surface area contributed by atoms with Crippen molar-refractivity contribution >= 4 is 5.78 Å². The highest BCUT2D eigenvalue weighted by Gasteiger charge is 2.30. The Bertz CT molecular complexity index is 303. The first-order valence-electron chi connectivity index (χ1n) is 7.47. The molecule has 0 saturated heterocycles. The zero-order chi connectivity index (χ0) is 16.0. The van der Waals surface area contributed by atoms with Gasteiger partial charge < -0.3 is 15.2 Å². The molecule has 120 valence electrons. The van der Waals surface area contributed by atoms with E-state index in [2.05, 4.69) is 0 Å². The molecule has 0 saturated carbocycles. The lowest BCUT2D eigenvalue weighted by Crippen LogP contribution is -2.39. The monoisotopic (exact) mass is 287 g/mol. The molecule has 0 aliphatic heterocycles. The van der Waals surface area contributed by atoms with E-state index in [0.717, 1.165) is 6.42 Å². The van der Waals surface area contributed by atoms with Crippen molar-refractivity contribution in [2.45, 2.75) is 84.5 Å². The molecule has 0 radical (unpaired) electrons. The van der Waals surface area contributed by atoms with Gasteiger partial charge in [-0.15, -0.1) is 0 Å². The normalized spacial score (nSPS) is 13.6. The van der Waals surface area contributed by atoms with Crippen molar-refractivity contribution in [2.24, 2.45) is 5.73 Å². The van der Waals surface area contributed by atoms with Gasteiger partial charge in [0.1, 0.15) is 5.60 Å². The molecule has 0 unspecified atom stereocenters. The number of Topliss-reactive ketones (excluding diaryl/α,β-unsaturated/α-hetero) is 1. The van der Waals surface area contributed by atoms with Gasteiger partial charge in [-0.05, 0) is 67.9 Å². The lowest BCUT2D eigenvalue weighted by Gasteiger charge is -2.34. The molecule has 0 aromatic carbocycles. The number of ether oxygens (including phenoxy) is 2. The van der Waals surface area contributed by atoms with E-state index < -0.39 is 5.60 Å². The number of rotatable bonds is 9. The van der Waals surface area contributed by atoms with Gasteiger partial charge in [-0.1, -0.05) is 0 Å². The van der Waals surface area contributed by atoms with E-state index in [0.29, 0.717) is 26.0 Å². The molecular formula is C16H33NO3. The van der Waals surface area contributed by atoms with Crippen molar-refractivity contribution in [1.82, 2.24) is 0 Å². The Hall–Kier alpha value is -0.450. The van der Waals surface area contributed by atoms with Crippen LogP contribution in [0.3, 0.4) is 0 Å². The summed E-state index contributed by atoms with van der Waals surface area (Å²) in [5.41, 5.74) is 4.23. The van der Waals surface area contributed by atoms with Crippen LogP contribution in [-0.2, 0) is 14.3 Å². The Morgan fingerprint density at radius 1 is 1.05 bits per heavy atom. The smallest absolute Gasteiger partial charge is 0.164 e. The topological polar surface area (TPSA) is 61.5 Å². The van der Waals surface area contributed by atoms with E-state index in [9.17, 15) is 4.79 Å². The first kappa shape index (κ1) is 19.6. The summed E-state index contributed by atoms with van der Waals surface area (Å²) >= 11 is 0. The summed E-state index contributed by atoms with van der Waals surface area (Å²) < 4.78 is 11.8. The van der Waals surface area contributed by atoms with Gasteiger partial charge >= 0.3 is 0 Å². The third kappa shape index (κ3) is 8.67. The summed E-state index contributed by atoms with van der Waals surface area (Å²) in [4.78, 5) is 12.0. The average molecular weight is 287 g/mol. The molecule has 0 aliphatic rings. The highest BCUT2D eigenvalue weighted by Crippen LogP contribution is 2.24. The zero-order valence-corrected chi connectivity index (χ0v) is 14.3. The number of ketones is 1. The van der Waals surface area contributed by atoms with Crippen molar-refractivity contribution in [3.63, 3.8) is 0 Å². The molecule has 0 atom stereocenters. The summed E-state index contributed by atoms with van der Waals surface area (Å²) in [5, 5.41) is 0. The lowest BCUT2D eigenvalue weighted by molar-refractivity contribution is -0.149. The van der Waals surface area contributed by atoms with Crippen LogP contribution < -0.4 is 5.73 Å². The fourth-order valence-electron chi connectivity index (χ4n) is 2.08. The first-order valence-corrected chi connectivity index (χ1v) is 7.47. The van der Waals surface area contributed by atoms with Crippen LogP contribution in [0.25, 0.3) is 0 Å². The highest BCUT2D eigenvalue weighted by molar-refractivity contribution is 5.86. The maximum absolute atomic E-state index is 12.0. The molecule has 0 aromatic heterocycles. The van der Waals surface area contributed by atoms with Gasteiger partial charge in [0.15, 0.2) is 5.78 Å². The van der Waals surface area contributed by atoms with Crippen LogP contribution in [0.2, 0.25) is 0 Å². The van der Waals surface area contributed by atoms with Gasteiger partial charge in [0.25, 0.3) is 0 Å². The quantitative estimate of drug-likeness (QED) is 0.708. The van der Waals surface area contributed by atoms with Gasteiger partial charge in [-0.3, -0.25) is 4.79 Å². The summed E-state index contributed by atoms with van der Waals surface area (Å²) in [6.45, 7) is 14.9. The molecule has 0 spiro atoms. The predicted molar refractivity (Wildman–Crippen MR) is 82.9 cm³/mol. The Labute approximate surface area is 124 Å². The number of carbonyl (C=O) groups is 1. The largest absolute Gasteiger partial charge is 0.370 e. The molecule has 0 heterocycles. The third-order valence-corrected chi connectivity index (χ3v) is 3.03. The fraction of sp³-hybridized carbons (Fsp3) is 0.938. The standard InChI is InChI=1S/C16H33NO3/c1-14(2,3)20-15(4,5)10-12-19-16(6,7)13(18)9-8-11-17/h8-12,17H2,1-7H3. The minimum Gasteiger partial charge on any atom is -0.370 e. The van der Waals surface area contributed by atoms with E-state index in [-0.39, 0.29) is 17.0 Å². The molecule has 4 nitrogen and oxygen atoms in total. The van der Waals surface area contributed by atoms with Crippen molar-refractivity contribution in [3.05, 3.63) is 0 Å². The number of hydrogen-bond donors (Lipinski definition) is 1. The minimum atomic E-state index is -0.743. The summed E-state index contributed by atoms with van der Waals surface area (Å²) in [6, 6.07) is 0. The van der Waals surface area contributed by atoms with Crippen LogP contribution in [0.15, 0.2) is 0 Å². The average Bonchev–Trinajstić information content (AvgIpc) is 2.21. The van der Waals surface area contributed by atoms with E-state index in [1.54, 1.807) is 0 Å². The molecule has 0 rings (SSSR count). The Morgan fingerprint density at radius 3 is 2.05 bits per heavy atom. The van der Waals surface area contributed by atoms with Crippen LogP contribution in [0.5, 0.6) is 0 Å². The van der Waals surface area contributed by atoms with E-state index >= 15 is 0 Å². The highest BCUT2D eigenvalue weighted by atomic mass is 16.5. The maximum atomic E-state index is 12.0. The molecule has 0 fully saturated rings. The Morgan fingerprint density at radius 2 is 1.60 bits per heavy atom. The molecular weight excluding hydrogens is 254 g/mol. The van der Waals surface area contributed by atoms with Crippen molar-refractivity contribution in [1.29, 1.82) is 0 Å². The molecule has 0 aliphatic carbocycles. The first-order chi connectivity index (χ1) is 8.90. The summed E-state index contributed by atoms with van der Waals surface area (Å²) in [7, 11) is 0. The number of carbonyl (C=O) groups excluding carboxylic acids is 1. The lowest BCUT2D eigenvalue weighted by atomic mass is 9.98. The second kappa shape index (κ2) is 7.53. The van der Waals surface area contributed by atoms with E-state index in [1.165, 1.54) is 0 Å². The van der Waals surface area contributed by atoms with E-state index in [4.69, 9.17) is 15.2 Å². The maximum Gasteiger partial charge on any atom is 0.164 e. The van der Waals surface area contributed by atoms with Gasteiger partial charge in [0.05, 0.1) is 17.8 Å². The second-order valence-electron chi connectivity index (χ2n) is 7.40. The third-order valence-electron chi connectivity index (χ3n) is 3.03. The van der Waals surface area contributed by atoms with Gasteiger partial charge in [-0.25, -0.2) is 0 Å². The molecule has 0 amide bonds. The van der Waals surface area contributed by atoms with Crippen LogP contribution >= 0.6 is 0 Å². The molecule has 20 heavy (non-hydrogen) atoms. The van der Waals surface area contributed by atoms with Crippen LogP contribution in [0, 0.1) is 0 Å². The van der Waals surface area contributed by atoms with Gasteiger partial charge in [-0.2, -0.15) is 0 Å². The van der Waals surface area contributed by atoms with E-state index in [1.807, 2.05) is 48.5 Å². The van der Waals surface area contributed by atoms with Crippen molar-refractivity contribution in [3.8, 4) is 0 Å². The van der Waals surface area contributed by atoms with Crippen LogP contribution in [-0.4, -0.2) is 35.7 Å².